The molecule has 1 fully saturated rings. The number of carbonyl (C=O) groups excluding carboxylic acids is 3. The van der Waals surface area contributed by atoms with Crippen LogP contribution in [0.4, 0.5) is 0 Å². The van der Waals surface area contributed by atoms with Gasteiger partial charge in [-0.1, -0.05) is 19.9 Å². The molecule has 2 heterocycles. The molecule has 0 aromatic heterocycles. The first-order valence-electron chi connectivity index (χ1n) is 14.9. The van der Waals surface area contributed by atoms with Gasteiger partial charge in [-0.25, -0.2) is 14.4 Å². The molecule has 2 aliphatic heterocycles. The number of aliphatic hydroxyl groups excluding tert-OH is 2. The summed E-state index contributed by atoms with van der Waals surface area (Å²) in [5.74, 6) is -5.31. The predicted octanol–water partition coefficient (Wildman–Crippen LogP) is 0.254. The van der Waals surface area contributed by atoms with Crippen LogP contribution in [0.2, 0.25) is 0 Å². The van der Waals surface area contributed by atoms with Gasteiger partial charge in [0.1, 0.15) is 11.8 Å². The molecule has 1 spiro atoms. The fourth-order valence-electron chi connectivity index (χ4n) is 6.72. The number of rotatable bonds is 10. The van der Waals surface area contributed by atoms with E-state index in [-0.39, 0.29) is 42.1 Å². The van der Waals surface area contributed by atoms with Crippen molar-refractivity contribution in [3.8, 4) is 11.5 Å². The number of amides is 1. The summed E-state index contributed by atoms with van der Waals surface area (Å²) in [4.78, 5) is 51.5. The highest BCUT2D eigenvalue weighted by atomic mass is 16.6. The summed E-state index contributed by atoms with van der Waals surface area (Å²) < 4.78 is 16.6. The van der Waals surface area contributed by atoms with Gasteiger partial charge in [-0.3, -0.25) is 4.79 Å². The van der Waals surface area contributed by atoms with Gasteiger partial charge in [0.2, 0.25) is 0 Å². The zero-order valence-corrected chi connectivity index (χ0v) is 26.1. The second-order valence-electron chi connectivity index (χ2n) is 12.6. The average Bonchev–Trinajstić information content (AvgIpc) is 3.35. The van der Waals surface area contributed by atoms with Crippen molar-refractivity contribution in [1.29, 1.82) is 0 Å². The minimum Gasteiger partial charge on any atom is -0.504 e. The molecule has 1 aromatic rings. The third-order valence-corrected chi connectivity index (χ3v) is 9.32. The Balaban J connectivity index is 1.50. The van der Waals surface area contributed by atoms with E-state index in [0.29, 0.717) is 18.5 Å². The highest BCUT2D eigenvalue weighted by Crippen LogP contribution is 2.62. The molecule has 0 unspecified atom stereocenters. The summed E-state index contributed by atoms with van der Waals surface area (Å²) in [6, 6.07) is 1.57. The van der Waals surface area contributed by atoms with E-state index in [4.69, 9.17) is 14.2 Å². The largest absolute Gasteiger partial charge is 0.504 e. The average molecular weight is 635 g/mol. The molecule has 0 saturated carbocycles. The first kappa shape index (κ1) is 34.2. The Kier molecular flexibility index (Phi) is 9.55. The molecule has 45 heavy (non-hydrogen) atoms. The van der Waals surface area contributed by atoms with Crippen LogP contribution in [0, 0.1) is 12.8 Å². The second kappa shape index (κ2) is 12.6. The van der Waals surface area contributed by atoms with Crippen molar-refractivity contribution in [1.82, 2.24) is 10.2 Å². The molecule has 1 aliphatic carbocycles. The Morgan fingerprint density at radius 2 is 1.78 bits per heavy atom. The van der Waals surface area contributed by atoms with Crippen molar-refractivity contribution in [3.63, 3.8) is 0 Å². The number of likely N-dealkylation sites (N-methyl/N-ethyl adjacent to an activating group) is 1. The van der Waals surface area contributed by atoms with E-state index < -0.39 is 65.3 Å². The molecule has 248 valence electrons. The van der Waals surface area contributed by atoms with Crippen LogP contribution in [0.15, 0.2) is 24.0 Å². The Labute approximate surface area is 260 Å². The van der Waals surface area contributed by atoms with Gasteiger partial charge >= 0.3 is 17.9 Å². The number of nitrogens with zero attached hydrogens (tertiary/aromatic N) is 1. The summed E-state index contributed by atoms with van der Waals surface area (Å²) in [6.45, 7) is 8.92. The van der Waals surface area contributed by atoms with Crippen LogP contribution in [0.3, 0.4) is 0 Å². The van der Waals surface area contributed by atoms with Crippen LogP contribution >= 0.6 is 0 Å². The number of benzene rings is 1. The van der Waals surface area contributed by atoms with Gasteiger partial charge in [0, 0.05) is 18.0 Å². The van der Waals surface area contributed by atoms with Crippen molar-refractivity contribution < 1.29 is 58.9 Å². The number of aromatic hydroxyl groups is 1. The molecule has 0 radical (unpaired) electrons. The quantitative estimate of drug-likeness (QED) is 0.191. The lowest BCUT2D eigenvalue weighted by Crippen LogP contribution is -2.71. The second-order valence-corrected chi connectivity index (χ2v) is 12.6. The lowest BCUT2D eigenvalue weighted by atomic mass is 9.54. The van der Waals surface area contributed by atoms with E-state index in [1.165, 1.54) is 12.1 Å². The van der Waals surface area contributed by atoms with Crippen LogP contribution in [-0.2, 0) is 34.1 Å². The number of hydrogen-bond donors (Lipinski definition) is 6. The van der Waals surface area contributed by atoms with E-state index in [0.717, 1.165) is 12.5 Å². The van der Waals surface area contributed by atoms with E-state index in [2.05, 4.69) is 5.32 Å². The third-order valence-electron chi connectivity index (χ3n) is 9.32. The number of carboxylic acids is 1. The number of phenolic OH excluding ortho intramolecular Hbond substituents is 1. The van der Waals surface area contributed by atoms with E-state index in [1.807, 2.05) is 25.8 Å². The van der Waals surface area contributed by atoms with Crippen molar-refractivity contribution >= 4 is 23.8 Å². The first-order chi connectivity index (χ1) is 21.0. The highest BCUT2D eigenvalue weighted by Gasteiger charge is 2.69. The van der Waals surface area contributed by atoms with Gasteiger partial charge in [-0.2, -0.15) is 0 Å². The Bertz CT molecular complexity index is 1390. The highest BCUT2D eigenvalue weighted by molar-refractivity contribution is 5.90. The number of hydrogen-bond acceptors (Lipinski definition) is 12. The molecule has 3 aliphatic rings. The molecule has 1 saturated heterocycles. The number of aliphatic carboxylic acids is 1. The minimum atomic E-state index is -2.45. The summed E-state index contributed by atoms with van der Waals surface area (Å²) in [6.07, 6.45) is -5.57. The third kappa shape index (κ3) is 5.87. The summed E-state index contributed by atoms with van der Waals surface area (Å²) in [5, 5.41) is 55.5. The fraction of sp³-hybridized carbons (Fsp3) is 0.613. The number of likely N-dealkylation sites (tertiary alicyclic amines) is 1. The number of nitrogens with one attached hydrogen (secondary N) is 1. The van der Waals surface area contributed by atoms with Gasteiger partial charge in [-0.05, 0) is 70.8 Å². The maximum Gasteiger partial charge on any atom is 0.343 e. The zero-order valence-electron chi connectivity index (χ0n) is 26.1. The molecule has 0 bridgehead atoms. The van der Waals surface area contributed by atoms with Gasteiger partial charge in [0.05, 0.1) is 11.0 Å². The van der Waals surface area contributed by atoms with E-state index in [9.17, 15) is 44.7 Å². The molecule has 14 heteroatoms. The summed E-state index contributed by atoms with van der Waals surface area (Å²) >= 11 is 0. The predicted molar refractivity (Wildman–Crippen MR) is 156 cm³/mol. The van der Waals surface area contributed by atoms with E-state index in [1.54, 1.807) is 19.9 Å². The number of fused-ring (bicyclic) bond motifs is 1. The number of ether oxygens (including phenoxy) is 3. The summed E-state index contributed by atoms with van der Waals surface area (Å²) in [5.41, 5.74) is -1.21. The van der Waals surface area contributed by atoms with Crippen LogP contribution < -0.4 is 10.1 Å². The number of aryl methyl sites for hydroxylation is 1. The van der Waals surface area contributed by atoms with Crippen molar-refractivity contribution in [2.45, 2.75) is 101 Å². The molecule has 4 rings (SSSR count). The molecule has 8 atom stereocenters. The number of aliphatic hydroxyl groups is 3. The molecular formula is C31H42N2O12. The van der Waals surface area contributed by atoms with Crippen LogP contribution in [0.5, 0.6) is 11.5 Å². The minimum absolute atomic E-state index is 0.0248. The Morgan fingerprint density at radius 1 is 1.13 bits per heavy atom. The van der Waals surface area contributed by atoms with Crippen molar-refractivity contribution in [2.75, 3.05) is 13.6 Å². The fourth-order valence-corrected chi connectivity index (χ4v) is 6.72. The molecule has 14 nitrogen and oxygen atoms in total. The maximum absolute atomic E-state index is 13.0. The zero-order chi connectivity index (χ0) is 33.6. The maximum atomic E-state index is 13.0. The smallest absolute Gasteiger partial charge is 0.343 e. The van der Waals surface area contributed by atoms with Crippen LogP contribution in [0.25, 0.3) is 0 Å². The normalized spacial score (nSPS) is 28.3. The van der Waals surface area contributed by atoms with E-state index >= 15 is 0 Å². The first-order valence-corrected chi connectivity index (χ1v) is 14.9. The van der Waals surface area contributed by atoms with Gasteiger partial charge < -0.3 is 50.0 Å². The summed E-state index contributed by atoms with van der Waals surface area (Å²) in [7, 11) is 1.88. The monoisotopic (exact) mass is 634 g/mol. The van der Waals surface area contributed by atoms with Crippen molar-refractivity contribution in [3.05, 3.63) is 35.1 Å². The molecule has 1 aromatic carbocycles. The molecule has 6 N–H and O–H groups in total. The lowest BCUT2D eigenvalue weighted by molar-refractivity contribution is -0.179. The Hall–Kier alpha value is -3.72. The molecular weight excluding hydrogens is 592 g/mol. The number of carbonyl (C=O) groups is 4. The number of phenols is 1. The van der Waals surface area contributed by atoms with Crippen LogP contribution in [0.1, 0.15) is 58.1 Å². The SMILES string of the molecule is Cc1ccc(O)c2c1[C@]13CCN(C)[C@H](C)[C@]1(O)CC=C(OC(=O)[C@H](O)[C@@H](O)C(=O)O[C@@H](C)C(=O)N[C@@H](CC(C)C)C(=O)O)[C@@H]3O2. The van der Waals surface area contributed by atoms with Gasteiger partial charge in [-0.15, -0.1) is 0 Å². The topological polar surface area (TPSA) is 212 Å². The lowest BCUT2D eigenvalue weighted by Gasteiger charge is -2.58. The van der Waals surface area contributed by atoms with Gasteiger partial charge in [0.15, 0.2) is 35.9 Å². The van der Waals surface area contributed by atoms with Gasteiger partial charge in [0.25, 0.3) is 5.91 Å². The molecule has 1 amide bonds. The number of carboxylic acid groups (broad SMARTS) is 1. The van der Waals surface area contributed by atoms with Crippen LogP contribution in [-0.4, -0.2) is 110 Å². The number of esters is 2. The van der Waals surface area contributed by atoms with Crippen molar-refractivity contribution in [2.24, 2.45) is 5.92 Å². The standard InChI is InChI=1S/C31H42N2O12/c1-14(2)13-18(27(38)39)32-26(37)16(4)43-28(40)22(35)23(36)29(41)44-20-9-10-31(42)17(5)33(6)12-11-30(31)21-15(3)7-8-19(34)24(21)45-25(20)30/h7-9,14,16-18,22-23,25,34-36,42H,10-13H2,1-6H3,(H,32,37)(H,38,39)/t16-,17+,18-,22+,23+,25-,30-,31+/m0/s1. The number of piperidine rings is 1. The Morgan fingerprint density at radius 3 is 2.40 bits per heavy atom.